The average Bonchev–Trinajstić information content (AvgIpc) is 2.98. The first-order valence-corrected chi connectivity index (χ1v) is 8.12. The molecule has 0 aliphatic carbocycles. The van der Waals surface area contributed by atoms with Gasteiger partial charge in [0.05, 0.1) is 18.5 Å². The van der Waals surface area contributed by atoms with Gasteiger partial charge in [0.2, 0.25) is 0 Å². The molecule has 0 atom stereocenters. The van der Waals surface area contributed by atoms with Gasteiger partial charge >= 0.3 is 0 Å². The second kappa shape index (κ2) is 8.13. The van der Waals surface area contributed by atoms with E-state index in [0.29, 0.717) is 0 Å². The molecule has 0 radical (unpaired) electrons. The maximum absolute atomic E-state index is 5.22. The number of rotatable bonds is 4. The zero-order valence-electron chi connectivity index (χ0n) is 13.1. The molecule has 2 aromatic carbocycles. The summed E-state index contributed by atoms with van der Waals surface area (Å²) < 4.78 is 7.46. The van der Waals surface area contributed by atoms with Crippen LogP contribution < -0.4 is 26.5 Å². The van der Waals surface area contributed by atoms with Crippen molar-refractivity contribution >= 4 is 17.0 Å². The van der Waals surface area contributed by atoms with Crippen molar-refractivity contribution in [1.29, 1.82) is 0 Å². The van der Waals surface area contributed by atoms with Crippen molar-refractivity contribution in [1.82, 2.24) is 4.57 Å². The van der Waals surface area contributed by atoms with Gasteiger partial charge in [-0.1, -0.05) is 18.2 Å². The lowest BCUT2D eigenvalue weighted by Gasteiger charge is -2.07. The number of aromatic nitrogens is 1. The molecule has 0 spiro atoms. The molecule has 0 amide bonds. The maximum atomic E-state index is 5.22. The van der Waals surface area contributed by atoms with E-state index in [4.69, 9.17) is 9.73 Å². The van der Waals surface area contributed by atoms with E-state index in [0.717, 1.165) is 22.8 Å². The second-order valence-electron chi connectivity index (χ2n) is 4.82. The Morgan fingerprint density at radius 3 is 2.35 bits per heavy atom. The van der Waals surface area contributed by atoms with Crippen LogP contribution in [0.2, 0.25) is 0 Å². The van der Waals surface area contributed by atoms with Crippen molar-refractivity contribution in [2.24, 2.45) is 4.99 Å². The third kappa shape index (κ3) is 3.92. The molecule has 0 saturated heterocycles. The van der Waals surface area contributed by atoms with Gasteiger partial charge < -0.3 is 26.3 Å². The lowest BCUT2D eigenvalue weighted by atomic mass is 10.1. The summed E-state index contributed by atoms with van der Waals surface area (Å²) in [7, 11) is 1.68. The minimum absolute atomic E-state index is 0. The van der Waals surface area contributed by atoms with Crippen LogP contribution in [0.4, 0.5) is 5.69 Å². The number of benzene rings is 2. The van der Waals surface area contributed by atoms with Crippen molar-refractivity contribution < 1.29 is 21.7 Å². The predicted octanol–water partition coefficient (Wildman–Crippen LogP) is 1.48. The Labute approximate surface area is 150 Å². The van der Waals surface area contributed by atoms with Crippen molar-refractivity contribution in [3.63, 3.8) is 0 Å². The van der Waals surface area contributed by atoms with Gasteiger partial charge in [0, 0.05) is 11.9 Å². The van der Waals surface area contributed by atoms with Crippen LogP contribution in [-0.4, -0.2) is 11.7 Å². The summed E-state index contributed by atoms with van der Waals surface area (Å²) in [5.74, 6) is 0.872. The SMILES string of the molecule is CCn1c(-c2ccc(OC)cc2)csc1=Nc1ccccc1.[Br-]. The first kappa shape index (κ1) is 17.5. The number of halogens is 1. The van der Waals surface area contributed by atoms with E-state index >= 15 is 0 Å². The maximum Gasteiger partial charge on any atom is 0.190 e. The van der Waals surface area contributed by atoms with Gasteiger partial charge in [-0.25, -0.2) is 4.99 Å². The molecule has 0 bridgehead atoms. The molecule has 0 fully saturated rings. The van der Waals surface area contributed by atoms with Crippen LogP contribution in [0, 0.1) is 0 Å². The Morgan fingerprint density at radius 2 is 1.74 bits per heavy atom. The average molecular weight is 390 g/mol. The van der Waals surface area contributed by atoms with E-state index < -0.39 is 0 Å². The number of para-hydroxylation sites is 1. The predicted molar refractivity (Wildman–Crippen MR) is 91.6 cm³/mol. The third-order valence-electron chi connectivity index (χ3n) is 3.48. The topological polar surface area (TPSA) is 26.5 Å². The largest absolute Gasteiger partial charge is 1.00 e. The molecule has 0 N–H and O–H groups in total. The van der Waals surface area contributed by atoms with E-state index in [2.05, 4.69) is 29.0 Å². The Balaban J connectivity index is 0.00000192. The molecule has 1 aromatic heterocycles. The van der Waals surface area contributed by atoms with E-state index in [1.54, 1.807) is 18.4 Å². The fourth-order valence-electron chi connectivity index (χ4n) is 2.33. The fraction of sp³-hybridized carbons (Fsp3) is 0.167. The van der Waals surface area contributed by atoms with Gasteiger partial charge in [-0.2, -0.15) is 0 Å². The van der Waals surface area contributed by atoms with Gasteiger partial charge in [-0.15, -0.1) is 11.3 Å². The van der Waals surface area contributed by atoms with Crippen molar-refractivity contribution in [2.45, 2.75) is 13.5 Å². The number of ether oxygens (including phenoxy) is 1. The van der Waals surface area contributed by atoms with Crippen LogP contribution >= 0.6 is 11.3 Å². The molecule has 3 nitrogen and oxygen atoms in total. The summed E-state index contributed by atoms with van der Waals surface area (Å²) >= 11 is 1.67. The van der Waals surface area contributed by atoms with E-state index in [9.17, 15) is 0 Å². The van der Waals surface area contributed by atoms with Crippen LogP contribution in [0.5, 0.6) is 5.75 Å². The monoisotopic (exact) mass is 389 g/mol. The van der Waals surface area contributed by atoms with Gasteiger partial charge in [-0.05, 0) is 48.9 Å². The van der Waals surface area contributed by atoms with Crippen molar-refractivity contribution in [3.05, 3.63) is 64.8 Å². The van der Waals surface area contributed by atoms with E-state index in [-0.39, 0.29) is 17.0 Å². The van der Waals surface area contributed by atoms with Gasteiger partial charge in [0.15, 0.2) is 4.80 Å². The first-order valence-electron chi connectivity index (χ1n) is 7.24. The number of hydrogen-bond donors (Lipinski definition) is 0. The van der Waals surface area contributed by atoms with Gasteiger partial charge in [0.25, 0.3) is 0 Å². The highest BCUT2D eigenvalue weighted by molar-refractivity contribution is 7.07. The molecule has 0 aliphatic rings. The van der Waals surface area contributed by atoms with Gasteiger partial charge in [0.1, 0.15) is 5.75 Å². The van der Waals surface area contributed by atoms with Crippen LogP contribution in [-0.2, 0) is 6.54 Å². The molecule has 23 heavy (non-hydrogen) atoms. The smallest absolute Gasteiger partial charge is 0.190 e. The number of methoxy groups -OCH3 is 1. The van der Waals surface area contributed by atoms with Crippen molar-refractivity contribution in [3.8, 4) is 17.0 Å². The summed E-state index contributed by atoms with van der Waals surface area (Å²) in [6.07, 6.45) is 0. The highest BCUT2D eigenvalue weighted by Gasteiger charge is 2.07. The molecular weight excluding hydrogens is 372 g/mol. The minimum atomic E-state index is 0. The van der Waals surface area contributed by atoms with Crippen LogP contribution in [0.1, 0.15) is 6.92 Å². The Bertz CT molecular complexity index is 807. The standard InChI is InChI=1S/C18H18N2OS.BrH/c1-3-20-17(14-9-11-16(21-2)12-10-14)13-22-18(20)19-15-7-5-4-6-8-15;/h4-13H,3H2,1-2H3;1H/p-1. The van der Waals surface area contributed by atoms with Gasteiger partial charge in [-0.3, -0.25) is 0 Å². The van der Waals surface area contributed by atoms with E-state index in [1.807, 2.05) is 42.5 Å². The zero-order chi connectivity index (χ0) is 15.4. The highest BCUT2D eigenvalue weighted by Crippen LogP contribution is 2.23. The molecule has 3 rings (SSSR count). The Hall–Kier alpha value is -1.85. The van der Waals surface area contributed by atoms with Crippen LogP contribution in [0.25, 0.3) is 11.3 Å². The molecule has 120 valence electrons. The molecular formula is C18H18BrN2OS-. The third-order valence-corrected chi connectivity index (χ3v) is 4.34. The molecule has 0 saturated carbocycles. The quantitative estimate of drug-likeness (QED) is 0.663. The molecule has 1 heterocycles. The molecule has 5 heteroatoms. The Morgan fingerprint density at radius 1 is 1.04 bits per heavy atom. The first-order chi connectivity index (χ1) is 10.8. The summed E-state index contributed by atoms with van der Waals surface area (Å²) in [4.78, 5) is 5.76. The Kier molecular flexibility index (Phi) is 6.19. The lowest BCUT2D eigenvalue weighted by Crippen LogP contribution is -3.00. The molecule has 0 aliphatic heterocycles. The second-order valence-corrected chi connectivity index (χ2v) is 5.66. The number of thiazole rings is 1. The summed E-state index contributed by atoms with van der Waals surface area (Å²) in [5, 5.41) is 2.16. The normalized spacial score (nSPS) is 11.1. The molecule has 3 aromatic rings. The number of nitrogens with zero attached hydrogens (tertiary/aromatic N) is 2. The summed E-state index contributed by atoms with van der Waals surface area (Å²) in [6, 6.07) is 18.2. The minimum Gasteiger partial charge on any atom is -1.00 e. The summed E-state index contributed by atoms with van der Waals surface area (Å²) in [5.41, 5.74) is 3.34. The van der Waals surface area contributed by atoms with Crippen molar-refractivity contribution in [2.75, 3.05) is 7.11 Å². The van der Waals surface area contributed by atoms with Crippen LogP contribution in [0.3, 0.4) is 0 Å². The summed E-state index contributed by atoms with van der Waals surface area (Å²) in [6.45, 7) is 3.03. The van der Waals surface area contributed by atoms with Crippen LogP contribution in [0.15, 0.2) is 65.0 Å². The lowest BCUT2D eigenvalue weighted by molar-refractivity contribution is -0.00000475. The molecule has 0 unspecified atom stereocenters. The zero-order valence-corrected chi connectivity index (χ0v) is 15.5. The highest BCUT2D eigenvalue weighted by atomic mass is 79.9. The fourth-order valence-corrected chi connectivity index (χ4v) is 3.32. The van der Waals surface area contributed by atoms with E-state index in [1.165, 1.54) is 11.3 Å². The number of hydrogen-bond acceptors (Lipinski definition) is 3.